The van der Waals surface area contributed by atoms with Crippen LogP contribution in [-0.4, -0.2) is 46.2 Å². The first-order valence-electron chi connectivity index (χ1n) is 13.4. The second-order valence-corrected chi connectivity index (χ2v) is 10.7. The van der Waals surface area contributed by atoms with E-state index in [-0.39, 0.29) is 36.3 Å². The summed E-state index contributed by atoms with van der Waals surface area (Å²) in [5.41, 5.74) is 4.77. The number of carbonyl (C=O) groups is 3. The molecule has 0 amide bonds. The zero-order valence-electron chi connectivity index (χ0n) is 22.3. The molecule has 6 nitrogen and oxygen atoms in total. The quantitative estimate of drug-likeness (QED) is 0.268. The molecule has 1 N–H and O–H groups in total. The van der Waals surface area contributed by atoms with E-state index in [0.717, 1.165) is 42.7 Å². The number of hydrogen-bond donors (Lipinski definition) is 1. The lowest BCUT2D eigenvalue weighted by Gasteiger charge is -2.31. The van der Waals surface area contributed by atoms with Crippen LogP contribution >= 0.6 is 11.6 Å². The van der Waals surface area contributed by atoms with Gasteiger partial charge in [0.25, 0.3) is 0 Å². The maximum Gasteiger partial charge on any atom is 0.193 e. The van der Waals surface area contributed by atoms with Gasteiger partial charge in [-0.15, -0.1) is 0 Å². The van der Waals surface area contributed by atoms with E-state index in [1.807, 2.05) is 43.6 Å². The summed E-state index contributed by atoms with van der Waals surface area (Å²) in [5.74, 6) is -0.191. The van der Waals surface area contributed by atoms with Gasteiger partial charge in [0.1, 0.15) is 0 Å². The zero-order chi connectivity index (χ0) is 28.2. The third-order valence-corrected chi connectivity index (χ3v) is 7.79. The highest BCUT2D eigenvalue weighted by molar-refractivity contribution is 6.34. The van der Waals surface area contributed by atoms with Crippen molar-refractivity contribution in [3.63, 3.8) is 0 Å². The van der Waals surface area contributed by atoms with Gasteiger partial charge in [-0.1, -0.05) is 60.1 Å². The third-order valence-electron chi connectivity index (χ3n) is 7.47. The fourth-order valence-corrected chi connectivity index (χ4v) is 5.35. The van der Waals surface area contributed by atoms with Crippen molar-refractivity contribution in [1.29, 1.82) is 0 Å². The molecule has 0 bridgehead atoms. The van der Waals surface area contributed by atoms with E-state index in [1.165, 1.54) is 0 Å². The number of aryl methyl sites for hydroxylation is 1. The monoisotopic (exact) mass is 554 g/mol. The predicted molar refractivity (Wildman–Crippen MR) is 157 cm³/mol. The molecule has 3 aromatic carbocycles. The number of aliphatic hydroxyl groups excluding tert-OH is 1. The molecule has 1 aliphatic rings. The second kappa shape index (κ2) is 12.0. The molecule has 1 fully saturated rings. The lowest BCUT2D eigenvalue weighted by atomic mass is 9.97. The number of hydrogen-bond acceptors (Lipinski definition) is 5. The van der Waals surface area contributed by atoms with Crippen molar-refractivity contribution in [2.45, 2.75) is 31.8 Å². The number of Topliss-reactive ketones (excluding diaryl/α,β-unsaturated/α-hetero) is 2. The molecule has 0 spiro atoms. The molecule has 2 heterocycles. The van der Waals surface area contributed by atoms with E-state index in [2.05, 4.69) is 4.90 Å². The molecule has 0 radical (unpaired) electrons. The maximum atomic E-state index is 13.0. The number of carbonyl (C=O) groups excluding carboxylic acids is 3. The van der Waals surface area contributed by atoms with Crippen LogP contribution in [0.15, 0.2) is 85.1 Å². The van der Waals surface area contributed by atoms with Gasteiger partial charge in [-0.2, -0.15) is 0 Å². The highest BCUT2D eigenvalue weighted by atomic mass is 35.5. The number of aromatic nitrogens is 1. The van der Waals surface area contributed by atoms with Crippen LogP contribution in [0.2, 0.25) is 5.02 Å². The molecular formula is C33H31ClN2O4. The molecule has 1 saturated heterocycles. The topological polar surface area (TPSA) is 79.6 Å². The van der Waals surface area contributed by atoms with Crippen molar-refractivity contribution in [2.24, 2.45) is 7.05 Å². The van der Waals surface area contributed by atoms with Gasteiger partial charge >= 0.3 is 0 Å². The van der Waals surface area contributed by atoms with Gasteiger partial charge in [0.2, 0.25) is 0 Å². The Morgan fingerprint density at radius 1 is 0.825 bits per heavy atom. The standard InChI is InChI=1S/C33H31ClN2O4/c1-35-16-2-3-30(35)32(39)20-23-6-10-25(11-7-23)33(40)24-8-4-22(5-9-24)19-31(38)28-13-12-26(21-29(28)34)36-17-14-27(37)15-18-36/h2-13,16,21,27,37H,14-15,17-20H2,1H3. The second-order valence-electron chi connectivity index (χ2n) is 10.3. The van der Waals surface area contributed by atoms with Gasteiger partial charge in [-0.3, -0.25) is 14.4 Å². The van der Waals surface area contributed by atoms with Crippen molar-refractivity contribution < 1.29 is 19.5 Å². The van der Waals surface area contributed by atoms with Gasteiger partial charge in [0.15, 0.2) is 17.3 Å². The number of anilines is 1. The van der Waals surface area contributed by atoms with Crippen molar-refractivity contribution >= 4 is 34.6 Å². The average molecular weight is 555 g/mol. The SMILES string of the molecule is Cn1cccc1C(=O)Cc1ccc(C(=O)c2ccc(CC(=O)c3ccc(N4CCC(O)CC4)cc3Cl)cc2)cc1. The fourth-order valence-electron chi connectivity index (χ4n) is 5.07. The van der Waals surface area contributed by atoms with Crippen LogP contribution in [-0.2, 0) is 19.9 Å². The van der Waals surface area contributed by atoms with Gasteiger partial charge in [-0.05, 0) is 54.3 Å². The normalized spacial score (nSPS) is 13.8. The summed E-state index contributed by atoms with van der Waals surface area (Å²) in [6, 6.07) is 23.3. The first-order valence-corrected chi connectivity index (χ1v) is 13.8. The van der Waals surface area contributed by atoms with Gasteiger partial charge in [0.05, 0.1) is 16.8 Å². The Morgan fingerprint density at radius 2 is 1.40 bits per heavy atom. The summed E-state index contributed by atoms with van der Waals surface area (Å²) < 4.78 is 1.80. The molecule has 1 aromatic heterocycles. The van der Waals surface area contributed by atoms with E-state index >= 15 is 0 Å². The highest BCUT2D eigenvalue weighted by Crippen LogP contribution is 2.27. The van der Waals surface area contributed by atoms with Crippen molar-refractivity contribution in [2.75, 3.05) is 18.0 Å². The van der Waals surface area contributed by atoms with Gasteiger partial charge < -0.3 is 14.6 Å². The van der Waals surface area contributed by atoms with Crippen LogP contribution in [0.5, 0.6) is 0 Å². The molecular weight excluding hydrogens is 524 g/mol. The Labute approximate surface area is 238 Å². The number of rotatable bonds is 9. The van der Waals surface area contributed by atoms with Crippen molar-refractivity contribution in [3.05, 3.63) is 124 Å². The van der Waals surface area contributed by atoms with E-state index in [0.29, 0.717) is 27.4 Å². The highest BCUT2D eigenvalue weighted by Gasteiger charge is 2.19. The molecule has 0 aliphatic carbocycles. The zero-order valence-corrected chi connectivity index (χ0v) is 23.1. The minimum Gasteiger partial charge on any atom is -0.393 e. The Morgan fingerprint density at radius 3 is 1.93 bits per heavy atom. The van der Waals surface area contributed by atoms with Gasteiger partial charge in [-0.25, -0.2) is 0 Å². The largest absolute Gasteiger partial charge is 0.393 e. The van der Waals surface area contributed by atoms with E-state index in [4.69, 9.17) is 11.6 Å². The van der Waals surface area contributed by atoms with E-state index < -0.39 is 0 Å². The summed E-state index contributed by atoms with van der Waals surface area (Å²) in [6.45, 7) is 1.52. The van der Waals surface area contributed by atoms with Crippen LogP contribution < -0.4 is 4.90 Å². The minimum atomic E-state index is -0.253. The smallest absolute Gasteiger partial charge is 0.193 e. The van der Waals surface area contributed by atoms with E-state index in [1.54, 1.807) is 53.1 Å². The Hall–Kier alpha value is -4.00. The predicted octanol–water partition coefficient (Wildman–Crippen LogP) is 5.72. The number of halogens is 1. The number of ketones is 3. The van der Waals surface area contributed by atoms with Crippen LogP contribution in [0.3, 0.4) is 0 Å². The molecule has 4 aromatic rings. The number of piperidine rings is 1. The van der Waals surface area contributed by atoms with Crippen LogP contribution in [0.1, 0.15) is 60.7 Å². The summed E-state index contributed by atoms with van der Waals surface area (Å²) in [7, 11) is 1.84. The first kappa shape index (κ1) is 27.6. The molecule has 40 heavy (non-hydrogen) atoms. The lowest BCUT2D eigenvalue weighted by molar-refractivity contribution is 0.0980. The molecule has 1 aliphatic heterocycles. The molecule has 0 unspecified atom stereocenters. The first-order chi connectivity index (χ1) is 19.3. The average Bonchev–Trinajstić information content (AvgIpc) is 3.39. The van der Waals surface area contributed by atoms with Crippen LogP contribution in [0.25, 0.3) is 0 Å². The number of benzene rings is 3. The Kier molecular flexibility index (Phi) is 8.29. The maximum absolute atomic E-state index is 13.0. The number of aliphatic hydroxyl groups is 1. The van der Waals surface area contributed by atoms with Crippen LogP contribution in [0, 0.1) is 0 Å². The van der Waals surface area contributed by atoms with Crippen molar-refractivity contribution in [3.8, 4) is 0 Å². The van der Waals surface area contributed by atoms with Gasteiger partial charge in [0, 0.05) is 61.6 Å². The van der Waals surface area contributed by atoms with Crippen molar-refractivity contribution in [1.82, 2.24) is 4.57 Å². The summed E-state index contributed by atoms with van der Waals surface area (Å²) in [6.07, 6.45) is 3.47. The Bertz CT molecular complexity index is 1530. The van der Waals surface area contributed by atoms with Crippen LogP contribution in [0.4, 0.5) is 5.69 Å². The number of nitrogens with zero attached hydrogens (tertiary/aromatic N) is 2. The molecule has 0 saturated carbocycles. The summed E-state index contributed by atoms with van der Waals surface area (Å²) in [4.78, 5) is 40.7. The lowest BCUT2D eigenvalue weighted by Crippen LogP contribution is -2.35. The molecule has 5 rings (SSSR count). The molecule has 204 valence electrons. The van der Waals surface area contributed by atoms with E-state index in [9.17, 15) is 19.5 Å². The summed E-state index contributed by atoms with van der Waals surface area (Å²) in [5, 5.41) is 10.1. The third kappa shape index (κ3) is 6.24. The molecule has 0 atom stereocenters. The Balaban J connectivity index is 1.19. The molecule has 7 heteroatoms. The minimum absolute atomic E-state index is 0.0247. The fraction of sp³-hybridized carbons (Fsp3) is 0.242. The summed E-state index contributed by atoms with van der Waals surface area (Å²) >= 11 is 6.48.